The molecule has 6 nitrogen and oxygen atoms in total. The van der Waals surface area contributed by atoms with Crippen molar-refractivity contribution >= 4 is 39.2 Å². The molecule has 2 unspecified atom stereocenters. The maximum atomic E-state index is 13.9. The van der Waals surface area contributed by atoms with Crippen LogP contribution < -0.4 is 5.32 Å². The number of halogens is 4. The van der Waals surface area contributed by atoms with Gasteiger partial charge in [-0.25, -0.2) is 21.6 Å². The molecule has 0 heterocycles. The van der Waals surface area contributed by atoms with Crippen LogP contribution in [0.2, 0.25) is 5.02 Å². The summed E-state index contributed by atoms with van der Waals surface area (Å²) in [6.07, 6.45) is 3.22. The number of hydrogen-bond acceptors (Lipinski definition) is 5. The second-order valence-electron chi connectivity index (χ2n) is 10.4. The fourth-order valence-corrected chi connectivity index (χ4v) is 8.77. The van der Waals surface area contributed by atoms with Crippen LogP contribution in [0.3, 0.4) is 0 Å². The van der Waals surface area contributed by atoms with Crippen molar-refractivity contribution < 1.29 is 31.5 Å². The molecule has 0 aromatic heterocycles. The van der Waals surface area contributed by atoms with Crippen LogP contribution >= 0.6 is 11.6 Å². The van der Waals surface area contributed by atoms with Gasteiger partial charge in [0.1, 0.15) is 0 Å². The summed E-state index contributed by atoms with van der Waals surface area (Å²) in [4.78, 5) is 17.0. The molecule has 2 atom stereocenters. The van der Waals surface area contributed by atoms with Crippen molar-refractivity contribution in [1.29, 1.82) is 0 Å². The monoisotopic (exact) mass is 590 g/mol. The van der Waals surface area contributed by atoms with Gasteiger partial charge >= 0.3 is 0 Å². The fourth-order valence-electron chi connectivity index (χ4n) is 5.93. The average molecular weight is 591 g/mol. The van der Waals surface area contributed by atoms with Crippen LogP contribution in [0.1, 0.15) is 41.6 Å². The van der Waals surface area contributed by atoms with E-state index in [0.29, 0.717) is 31.5 Å². The summed E-state index contributed by atoms with van der Waals surface area (Å²) < 4.78 is 68.1. The molecule has 3 aromatic carbocycles. The normalized spacial score (nSPS) is 24.4. The van der Waals surface area contributed by atoms with Gasteiger partial charge in [0.25, 0.3) is 5.91 Å². The Morgan fingerprint density at radius 1 is 1.02 bits per heavy atom. The second kappa shape index (κ2) is 11.0. The van der Waals surface area contributed by atoms with Crippen LogP contribution in [0.15, 0.2) is 70.6 Å². The number of nitrogens with one attached hydrogen (secondary N) is 1. The first-order valence-electron chi connectivity index (χ1n) is 12.7. The highest BCUT2D eigenvalue weighted by Gasteiger charge is 2.54. The summed E-state index contributed by atoms with van der Waals surface area (Å²) in [6.45, 7) is 0.405. The van der Waals surface area contributed by atoms with Crippen molar-refractivity contribution in [3.8, 4) is 0 Å². The highest BCUT2D eigenvalue weighted by molar-refractivity contribution is 7.92. The maximum Gasteiger partial charge on any atom is 0.255 e. The van der Waals surface area contributed by atoms with Gasteiger partial charge in [-0.1, -0.05) is 41.9 Å². The molecule has 3 aromatic rings. The Labute approximate surface area is 234 Å². The van der Waals surface area contributed by atoms with E-state index in [0.717, 1.165) is 11.6 Å². The molecule has 11 heteroatoms. The lowest BCUT2D eigenvalue weighted by atomic mass is 9.78. The van der Waals surface area contributed by atoms with Crippen molar-refractivity contribution in [2.24, 2.45) is 16.8 Å². The highest BCUT2D eigenvalue weighted by Crippen LogP contribution is 2.51. The number of carbonyl (C=O) groups excluding carboxylic acids is 1. The topological polar surface area (TPSA) is 95.8 Å². The van der Waals surface area contributed by atoms with Gasteiger partial charge < -0.3 is 10.4 Å². The lowest BCUT2D eigenvalue weighted by Gasteiger charge is -2.38. The fraction of sp³-hybridized carbons (Fsp3) is 0.310. The zero-order chi connectivity index (χ0) is 28.7. The number of rotatable bonds is 7. The molecular weight excluding hydrogens is 565 g/mol. The van der Waals surface area contributed by atoms with Crippen molar-refractivity contribution in [2.45, 2.75) is 48.0 Å². The van der Waals surface area contributed by atoms with Crippen LogP contribution in [0.5, 0.6) is 0 Å². The summed E-state index contributed by atoms with van der Waals surface area (Å²) >= 11 is 6.30. The first-order valence-corrected chi connectivity index (χ1v) is 14.7. The minimum atomic E-state index is -4.03. The smallest absolute Gasteiger partial charge is 0.255 e. The molecule has 40 heavy (non-hydrogen) atoms. The van der Waals surface area contributed by atoms with E-state index in [9.17, 15) is 31.5 Å². The van der Waals surface area contributed by atoms with Crippen molar-refractivity contribution in [1.82, 2.24) is 0 Å². The van der Waals surface area contributed by atoms with Crippen molar-refractivity contribution in [2.75, 3.05) is 5.32 Å². The average Bonchev–Trinajstić information content (AvgIpc) is 3.21. The highest BCUT2D eigenvalue weighted by atomic mass is 35.5. The third-order valence-corrected chi connectivity index (χ3v) is 10.5. The Bertz CT molecular complexity index is 1550. The molecule has 2 aliphatic rings. The number of hydrogen-bond donors (Lipinski definition) is 2. The molecule has 2 bridgehead atoms. The summed E-state index contributed by atoms with van der Waals surface area (Å²) in [7, 11) is -4.03. The molecule has 0 aliphatic heterocycles. The van der Waals surface area contributed by atoms with Crippen molar-refractivity contribution in [3.63, 3.8) is 0 Å². The minimum Gasteiger partial charge on any atom is -0.384 e. The number of sulfone groups is 1. The Morgan fingerprint density at radius 3 is 2.27 bits per heavy atom. The molecule has 0 radical (unpaired) electrons. The number of fused-ring (bicyclic) bond motifs is 2. The second-order valence-corrected chi connectivity index (χ2v) is 12.9. The molecule has 5 rings (SSSR count). The molecule has 2 saturated carbocycles. The molecule has 0 saturated heterocycles. The zero-order valence-corrected chi connectivity index (χ0v) is 22.7. The first kappa shape index (κ1) is 28.3. The summed E-state index contributed by atoms with van der Waals surface area (Å²) in [5.41, 5.74) is -0.673. The van der Waals surface area contributed by atoms with Crippen LogP contribution in [0, 0.1) is 29.3 Å². The zero-order valence-electron chi connectivity index (χ0n) is 21.2. The molecule has 0 spiro atoms. The van der Waals surface area contributed by atoms with Gasteiger partial charge in [0.2, 0.25) is 0 Å². The molecule has 210 valence electrons. The Morgan fingerprint density at radius 2 is 1.65 bits per heavy atom. The van der Waals surface area contributed by atoms with E-state index in [1.807, 2.05) is 30.3 Å². The largest absolute Gasteiger partial charge is 0.384 e. The first-order chi connectivity index (χ1) is 19.0. The van der Waals surface area contributed by atoms with E-state index in [-0.39, 0.29) is 45.8 Å². The standard InChI is InChI=1S/C29H26ClF3N2O4S/c30-22-9-8-18(28(36)35-21-11-23(31)26(33)24(32)12-21)10-25(22)40(38,39)27-19-6-7-20(27)14-29(37,13-19)16-34-15-17-4-2-1-3-5-17/h1-5,8-12,16,19-20,27,37H,6-7,13-15H2,(H,35,36). The van der Waals surface area contributed by atoms with E-state index >= 15 is 0 Å². The Kier molecular flexibility index (Phi) is 7.78. The number of amides is 1. The van der Waals surface area contributed by atoms with Crippen LogP contribution in [-0.4, -0.2) is 36.5 Å². The minimum absolute atomic E-state index is 0.0694. The van der Waals surface area contributed by atoms with E-state index in [1.165, 1.54) is 18.3 Å². The Hall–Kier alpha value is -3.21. The van der Waals surface area contributed by atoms with Gasteiger partial charge in [-0.2, -0.15) is 0 Å². The summed E-state index contributed by atoms with van der Waals surface area (Å²) in [5, 5.41) is 12.6. The molecule has 1 amide bonds. The lowest BCUT2D eigenvalue weighted by molar-refractivity contribution is 0.0476. The van der Waals surface area contributed by atoms with Gasteiger partial charge in [-0.3, -0.25) is 9.79 Å². The number of anilines is 1. The molecular formula is C29H26ClF3N2O4S. The number of benzene rings is 3. The van der Waals surface area contributed by atoms with E-state index < -0.39 is 44.0 Å². The predicted molar refractivity (Wildman–Crippen MR) is 146 cm³/mol. The van der Waals surface area contributed by atoms with Gasteiger partial charge in [0.05, 0.1) is 27.3 Å². The van der Waals surface area contributed by atoms with Gasteiger partial charge in [0, 0.05) is 29.6 Å². The molecule has 2 N–H and O–H groups in total. The summed E-state index contributed by atoms with van der Waals surface area (Å²) in [6, 6.07) is 14.5. The third kappa shape index (κ3) is 5.66. The van der Waals surface area contributed by atoms with E-state index in [1.54, 1.807) is 0 Å². The van der Waals surface area contributed by atoms with Crippen LogP contribution in [0.4, 0.5) is 18.9 Å². The van der Waals surface area contributed by atoms with E-state index in [2.05, 4.69) is 10.3 Å². The Balaban J connectivity index is 1.35. The number of nitrogens with zero attached hydrogens (tertiary/aromatic N) is 1. The predicted octanol–water partition coefficient (Wildman–Crippen LogP) is 5.97. The van der Waals surface area contributed by atoms with Crippen LogP contribution in [-0.2, 0) is 16.4 Å². The number of carbonyl (C=O) groups is 1. The van der Waals surface area contributed by atoms with Gasteiger partial charge in [0.15, 0.2) is 27.3 Å². The SMILES string of the molecule is O=C(Nc1cc(F)c(F)c(F)c1)c1ccc(Cl)c(S(=O)(=O)C2C3CCC2CC(O)(C=NCc2ccccc2)C3)c1. The quantitative estimate of drug-likeness (QED) is 0.262. The number of aliphatic hydroxyl groups is 1. The molecule has 2 fully saturated rings. The maximum absolute atomic E-state index is 13.9. The van der Waals surface area contributed by atoms with Gasteiger partial charge in [-0.15, -0.1) is 0 Å². The summed E-state index contributed by atoms with van der Waals surface area (Å²) in [5.74, 6) is -6.16. The third-order valence-electron chi connectivity index (χ3n) is 7.62. The van der Waals surface area contributed by atoms with Crippen LogP contribution in [0.25, 0.3) is 0 Å². The number of aliphatic imine (C=N–C) groups is 1. The molecule has 2 aliphatic carbocycles. The lowest BCUT2D eigenvalue weighted by Crippen LogP contribution is -2.47. The van der Waals surface area contributed by atoms with Crippen molar-refractivity contribution in [3.05, 3.63) is 94.3 Å². The van der Waals surface area contributed by atoms with E-state index in [4.69, 9.17) is 11.6 Å². The van der Waals surface area contributed by atoms with Gasteiger partial charge in [-0.05, 0) is 61.3 Å².